The largest absolute Gasteiger partial charge is 0.490 e. The number of ether oxygens (including phenoxy) is 3. The average molecular weight is 524 g/mol. The summed E-state index contributed by atoms with van der Waals surface area (Å²) >= 11 is 6.30. The summed E-state index contributed by atoms with van der Waals surface area (Å²) in [4.78, 5) is 13.5. The van der Waals surface area contributed by atoms with Crippen LogP contribution in [0.15, 0.2) is 53.7 Å². The number of aromatic nitrogens is 4. The fourth-order valence-electron chi connectivity index (χ4n) is 4.84. The number of hydrogen-bond donors (Lipinski definition) is 1. The molecule has 194 valence electrons. The lowest BCUT2D eigenvalue weighted by Gasteiger charge is -2.30. The van der Waals surface area contributed by atoms with Crippen molar-refractivity contribution in [3.8, 4) is 11.5 Å². The van der Waals surface area contributed by atoms with Gasteiger partial charge in [-0.1, -0.05) is 47.4 Å². The summed E-state index contributed by atoms with van der Waals surface area (Å²) in [5, 5.41) is 15.9. The van der Waals surface area contributed by atoms with E-state index in [0.717, 1.165) is 36.8 Å². The summed E-state index contributed by atoms with van der Waals surface area (Å²) in [6.45, 7) is 4.49. The van der Waals surface area contributed by atoms with Crippen LogP contribution in [-0.2, 0) is 16.1 Å². The molecule has 9 nitrogen and oxygen atoms in total. The summed E-state index contributed by atoms with van der Waals surface area (Å²) in [6.07, 6.45) is 5.02. The molecule has 1 aliphatic heterocycles. The van der Waals surface area contributed by atoms with Gasteiger partial charge < -0.3 is 19.5 Å². The Morgan fingerprint density at radius 2 is 1.92 bits per heavy atom. The predicted molar refractivity (Wildman–Crippen MR) is 139 cm³/mol. The van der Waals surface area contributed by atoms with Gasteiger partial charge in [0, 0.05) is 16.3 Å². The zero-order chi connectivity index (χ0) is 25.8. The lowest BCUT2D eigenvalue weighted by molar-refractivity contribution is -0.146. The molecule has 1 unspecified atom stereocenters. The third-order valence-corrected chi connectivity index (χ3v) is 7.05. The van der Waals surface area contributed by atoms with E-state index in [-0.39, 0.29) is 12.1 Å². The van der Waals surface area contributed by atoms with Crippen molar-refractivity contribution >= 4 is 23.5 Å². The molecule has 0 radical (unpaired) electrons. The number of nitrogens with zero attached hydrogens (tertiary/aromatic N) is 4. The first-order valence-corrected chi connectivity index (χ1v) is 13.0. The number of fused-ring (bicyclic) bond motifs is 1. The molecule has 0 spiro atoms. The van der Waals surface area contributed by atoms with Crippen LogP contribution in [0.4, 0.5) is 5.95 Å². The summed E-state index contributed by atoms with van der Waals surface area (Å²) in [7, 11) is 0. The molecule has 0 saturated heterocycles. The van der Waals surface area contributed by atoms with Gasteiger partial charge in [0.1, 0.15) is 18.8 Å². The lowest BCUT2D eigenvalue weighted by Crippen LogP contribution is -2.32. The highest BCUT2D eigenvalue weighted by Gasteiger charge is 2.36. The van der Waals surface area contributed by atoms with Gasteiger partial charge in [-0.2, -0.15) is 4.68 Å². The molecule has 1 N–H and O–H groups in total. The van der Waals surface area contributed by atoms with E-state index in [1.165, 1.54) is 6.42 Å². The molecule has 0 bridgehead atoms. The van der Waals surface area contributed by atoms with Crippen LogP contribution >= 0.6 is 11.6 Å². The number of benzene rings is 2. The normalized spacial score (nSPS) is 17.6. The third-order valence-electron chi connectivity index (χ3n) is 6.68. The number of hydrogen-bond acceptors (Lipinski definition) is 8. The van der Waals surface area contributed by atoms with Crippen LogP contribution in [0.1, 0.15) is 63.1 Å². The SMILES string of the molecule is CCOc1cc(C2C(C(=O)OC3CCCCC3)=C(C)Nc3nnnn32)ccc1OCc1ccccc1Cl. The Morgan fingerprint density at radius 3 is 2.70 bits per heavy atom. The van der Waals surface area contributed by atoms with Crippen molar-refractivity contribution in [3.05, 3.63) is 69.9 Å². The Morgan fingerprint density at radius 1 is 1.11 bits per heavy atom. The van der Waals surface area contributed by atoms with Gasteiger partial charge in [-0.05, 0) is 73.7 Å². The number of rotatable bonds is 8. The Bertz CT molecular complexity index is 1300. The van der Waals surface area contributed by atoms with E-state index in [2.05, 4.69) is 20.8 Å². The Labute approximate surface area is 220 Å². The Hall–Kier alpha value is -3.59. The fraction of sp³-hybridized carbons (Fsp3) is 0.407. The van der Waals surface area contributed by atoms with Crippen molar-refractivity contribution in [3.63, 3.8) is 0 Å². The van der Waals surface area contributed by atoms with Crippen LogP contribution in [0, 0.1) is 0 Å². The number of nitrogens with one attached hydrogen (secondary N) is 1. The van der Waals surface area contributed by atoms with Gasteiger partial charge in [0.25, 0.3) is 0 Å². The van der Waals surface area contributed by atoms with Crippen LogP contribution in [0.3, 0.4) is 0 Å². The van der Waals surface area contributed by atoms with Gasteiger partial charge in [0.15, 0.2) is 11.5 Å². The maximum absolute atomic E-state index is 13.5. The third kappa shape index (κ3) is 5.41. The van der Waals surface area contributed by atoms with Crippen molar-refractivity contribution in [2.75, 3.05) is 11.9 Å². The molecule has 1 fully saturated rings. The minimum atomic E-state index is -0.584. The quantitative estimate of drug-likeness (QED) is 0.388. The van der Waals surface area contributed by atoms with Crippen molar-refractivity contribution in [1.29, 1.82) is 0 Å². The molecule has 10 heteroatoms. The summed E-state index contributed by atoms with van der Waals surface area (Å²) in [5.74, 6) is 1.22. The summed E-state index contributed by atoms with van der Waals surface area (Å²) < 4.78 is 19.6. The number of esters is 1. The topological polar surface area (TPSA) is 100 Å². The van der Waals surface area contributed by atoms with E-state index in [1.807, 2.05) is 56.3 Å². The first kappa shape index (κ1) is 25.1. The highest BCUT2D eigenvalue weighted by molar-refractivity contribution is 6.31. The molecule has 2 aliphatic rings. The predicted octanol–water partition coefficient (Wildman–Crippen LogP) is 5.47. The first-order chi connectivity index (χ1) is 18.0. The van der Waals surface area contributed by atoms with E-state index in [9.17, 15) is 4.79 Å². The van der Waals surface area contributed by atoms with Crippen LogP contribution in [0.2, 0.25) is 5.02 Å². The smallest absolute Gasteiger partial charge is 0.338 e. The number of anilines is 1. The fourth-order valence-corrected chi connectivity index (χ4v) is 5.03. The van der Waals surface area contributed by atoms with E-state index in [4.69, 9.17) is 25.8 Å². The van der Waals surface area contributed by atoms with E-state index in [0.29, 0.717) is 47.0 Å². The van der Waals surface area contributed by atoms with Gasteiger partial charge in [-0.3, -0.25) is 0 Å². The molecular weight excluding hydrogens is 494 g/mol. The van der Waals surface area contributed by atoms with Gasteiger partial charge in [0.2, 0.25) is 5.95 Å². The number of carbonyl (C=O) groups excluding carboxylic acids is 1. The van der Waals surface area contributed by atoms with E-state index in [1.54, 1.807) is 4.68 Å². The number of carbonyl (C=O) groups is 1. The van der Waals surface area contributed by atoms with Crippen LogP contribution in [0.5, 0.6) is 11.5 Å². The molecule has 5 rings (SSSR count). The van der Waals surface area contributed by atoms with Crippen molar-refractivity contribution < 1.29 is 19.0 Å². The molecular formula is C27H30ClN5O4. The van der Waals surface area contributed by atoms with Crippen molar-refractivity contribution in [1.82, 2.24) is 20.2 Å². The first-order valence-electron chi connectivity index (χ1n) is 12.6. The molecule has 3 aromatic rings. The molecule has 2 aromatic carbocycles. The molecule has 1 aliphatic carbocycles. The standard InChI is InChI=1S/C27H30ClN5O4/c1-3-35-23-15-18(13-14-22(23)36-16-19-9-7-8-12-21(19)28)25-24(17(2)29-27-30-31-32-33(25)27)26(34)37-20-10-5-4-6-11-20/h7-9,12-15,20,25H,3-6,10-11,16H2,1-2H3,(H,29,30,32). The molecule has 1 aromatic heterocycles. The van der Waals surface area contributed by atoms with Crippen LogP contribution in [-0.4, -0.2) is 38.9 Å². The van der Waals surface area contributed by atoms with Crippen LogP contribution < -0.4 is 14.8 Å². The van der Waals surface area contributed by atoms with Gasteiger partial charge >= 0.3 is 5.97 Å². The second-order valence-electron chi connectivity index (χ2n) is 9.20. The van der Waals surface area contributed by atoms with E-state index < -0.39 is 6.04 Å². The minimum absolute atomic E-state index is 0.0722. The monoisotopic (exact) mass is 523 g/mol. The summed E-state index contributed by atoms with van der Waals surface area (Å²) in [6, 6.07) is 12.6. The van der Waals surface area contributed by atoms with Gasteiger partial charge in [-0.25, -0.2) is 4.79 Å². The summed E-state index contributed by atoms with van der Waals surface area (Å²) in [5.41, 5.74) is 2.78. The maximum atomic E-state index is 13.5. The number of allylic oxidation sites excluding steroid dienone is 1. The van der Waals surface area contributed by atoms with Gasteiger partial charge in [0.05, 0.1) is 12.2 Å². The number of tetrazole rings is 1. The molecule has 37 heavy (non-hydrogen) atoms. The van der Waals surface area contributed by atoms with Crippen molar-refractivity contribution in [2.45, 2.75) is 64.7 Å². The zero-order valence-corrected chi connectivity index (χ0v) is 21.7. The van der Waals surface area contributed by atoms with Crippen molar-refractivity contribution in [2.24, 2.45) is 0 Å². The highest BCUT2D eigenvalue weighted by Crippen LogP contribution is 2.39. The van der Waals surface area contributed by atoms with E-state index >= 15 is 0 Å². The Kier molecular flexibility index (Phi) is 7.60. The maximum Gasteiger partial charge on any atom is 0.338 e. The van der Waals surface area contributed by atoms with Gasteiger partial charge in [-0.15, -0.1) is 0 Å². The average Bonchev–Trinajstić information content (AvgIpc) is 3.36. The molecule has 1 atom stereocenters. The van der Waals surface area contributed by atoms with Crippen LogP contribution in [0.25, 0.3) is 0 Å². The number of halogens is 1. The molecule has 1 saturated carbocycles. The minimum Gasteiger partial charge on any atom is -0.490 e. The highest BCUT2D eigenvalue weighted by atomic mass is 35.5. The molecule has 0 amide bonds. The Balaban J connectivity index is 1.46. The second-order valence-corrected chi connectivity index (χ2v) is 9.61. The second kappa shape index (κ2) is 11.2. The lowest BCUT2D eigenvalue weighted by atomic mass is 9.94. The zero-order valence-electron chi connectivity index (χ0n) is 20.9. The molecule has 2 heterocycles.